The van der Waals surface area contributed by atoms with Crippen molar-refractivity contribution in [2.24, 2.45) is 0 Å². The molecule has 1 aromatic rings. The number of nitrogens with one attached hydrogen (secondary N) is 2. The average molecular weight is 418 g/mol. The van der Waals surface area contributed by atoms with E-state index in [1.807, 2.05) is 45.0 Å². The van der Waals surface area contributed by atoms with Gasteiger partial charge in [-0.15, -0.1) is 0 Å². The monoisotopic (exact) mass is 417 g/mol. The van der Waals surface area contributed by atoms with Crippen LogP contribution >= 0.6 is 0 Å². The fourth-order valence-corrected chi connectivity index (χ4v) is 3.59. The van der Waals surface area contributed by atoms with Gasteiger partial charge in [0.25, 0.3) is 11.8 Å². The third kappa shape index (κ3) is 5.58. The molecule has 2 rings (SSSR count). The van der Waals surface area contributed by atoms with Gasteiger partial charge in [-0.2, -0.15) is 0 Å². The van der Waals surface area contributed by atoms with Gasteiger partial charge in [-0.05, 0) is 32.3 Å². The zero-order chi connectivity index (χ0) is 22.3. The molecule has 1 heterocycles. The molecular weight excluding hydrogens is 386 g/mol. The summed E-state index contributed by atoms with van der Waals surface area (Å²) < 4.78 is 5.14. The molecule has 1 saturated heterocycles. The van der Waals surface area contributed by atoms with Crippen molar-refractivity contribution in [3.8, 4) is 0 Å². The van der Waals surface area contributed by atoms with Gasteiger partial charge in [-0.25, -0.2) is 4.79 Å². The number of rotatable bonds is 10. The van der Waals surface area contributed by atoms with E-state index in [1.54, 1.807) is 0 Å². The van der Waals surface area contributed by atoms with Crippen molar-refractivity contribution in [2.75, 3.05) is 6.54 Å². The van der Waals surface area contributed by atoms with Crippen LogP contribution in [0.1, 0.15) is 57.6 Å². The molecule has 1 atom stereocenters. The Morgan fingerprint density at radius 2 is 1.73 bits per heavy atom. The first-order valence-electron chi connectivity index (χ1n) is 10.4. The lowest BCUT2D eigenvalue weighted by Crippen LogP contribution is -2.47. The SMILES string of the molecule is CCCC1(CCC)NC(=O)N(CC(=O)O[C@H](C)C(=O)NCc2ccc(C)cc2)C1=O. The lowest BCUT2D eigenvalue weighted by molar-refractivity contribution is -0.156. The summed E-state index contributed by atoms with van der Waals surface area (Å²) in [5.74, 6) is -1.67. The highest BCUT2D eigenvalue weighted by atomic mass is 16.5. The summed E-state index contributed by atoms with van der Waals surface area (Å²) in [7, 11) is 0. The lowest BCUT2D eigenvalue weighted by atomic mass is 9.88. The topological polar surface area (TPSA) is 105 Å². The molecule has 1 aliphatic rings. The van der Waals surface area contributed by atoms with Gasteiger partial charge in [0.15, 0.2) is 6.10 Å². The normalized spacial score (nSPS) is 16.2. The minimum Gasteiger partial charge on any atom is -0.451 e. The second-order valence-corrected chi connectivity index (χ2v) is 7.74. The quantitative estimate of drug-likeness (QED) is 0.449. The molecule has 1 fully saturated rings. The van der Waals surface area contributed by atoms with Gasteiger partial charge >= 0.3 is 12.0 Å². The highest BCUT2D eigenvalue weighted by molar-refractivity contribution is 6.08. The number of aryl methyl sites for hydroxylation is 1. The highest BCUT2D eigenvalue weighted by Crippen LogP contribution is 2.28. The molecule has 2 N–H and O–H groups in total. The number of esters is 1. The minimum atomic E-state index is -1.04. The average Bonchev–Trinajstić information content (AvgIpc) is 2.92. The highest BCUT2D eigenvalue weighted by Gasteiger charge is 2.50. The minimum absolute atomic E-state index is 0.310. The van der Waals surface area contributed by atoms with Crippen LogP contribution in [-0.4, -0.2) is 46.9 Å². The summed E-state index contributed by atoms with van der Waals surface area (Å²) in [4.78, 5) is 50.5. The van der Waals surface area contributed by atoms with Gasteiger partial charge in [0.05, 0.1) is 0 Å². The van der Waals surface area contributed by atoms with Gasteiger partial charge in [0, 0.05) is 6.54 Å². The summed E-state index contributed by atoms with van der Waals surface area (Å²) in [6, 6.07) is 7.10. The van der Waals surface area contributed by atoms with Gasteiger partial charge in [0.2, 0.25) is 0 Å². The summed E-state index contributed by atoms with van der Waals surface area (Å²) in [6.07, 6.45) is 1.42. The van der Waals surface area contributed by atoms with Crippen molar-refractivity contribution in [3.63, 3.8) is 0 Å². The molecule has 30 heavy (non-hydrogen) atoms. The number of nitrogens with zero attached hydrogens (tertiary/aromatic N) is 1. The number of ether oxygens (including phenoxy) is 1. The molecule has 1 aromatic carbocycles. The molecule has 8 heteroatoms. The third-order valence-corrected chi connectivity index (χ3v) is 5.15. The number of amides is 4. The standard InChI is InChI=1S/C22H31N3O5/c1-5-11-22(12-6-2)20(28)25(21(29)24-22)14-18(26)30-16(4)19(27)23-13-17-9-7-15(3)8-10-17/h7-10,16H,5-6,11-14H2,1-4H3,(H,23,27)(H,24,29)/t16-/m1/s1. The maximum absolute atomic E-state index is 12.8. The zero-order valence-corrected chi connectivity index (χ0v) is 18.1. The van der Waals surface area contributed by atoms with E-state index in [9.17, 15) is 19.2 Å². The van der Waals surface area contributed by atoms with Crippen LogP contribution in [0.2, 0.25) is 0 Å². The van der Waals surface area contributed by atoms with Crippen LogP contribution in [0.3, 0.4) is 0 Å². The number of hydrogen-bond donors (Lipinski definition) is 2. The number of imide groups is 1. The second-order valence-electron chi connectivity index (χ2n) is 7.74. The van der Waals surface area contributed by atoms with Crippen LogP contribution in [0.15, 0.2) is 24.3 Å². The predicted molar refractivity (Wildman–Crippen MR) is 111 cm³/mol. The van der Waals surface area contributed by atoms with Crippen molar-refractivity contribution < 1.29 is 23.9 Å². The fraction of sp³-hybridized carbons (Fsp3) is 0.545. The Balaban J connectivity index is 1.89. The molecule has 164 valence electrons. The van der Waals surface area contributed by atoms with E-state index in [1.165, 1.54) is 6.92 Å². The van der Waals surface area contributed by atoms with E-state index in [4.69, 9.17) is 4.74 Å². The summed E-state index contributed by atoms with van der Waals surface area (Å²) in [5, 5.41) is 5.45. The maximum Gasteiger partial charge on any atom is 0.327 e. The Kier molecular flexibility index (Phi) is 7.97. The Hall–Kier alpha value is -2.90. The van der Waals surface area contributed by atoms with Crippen molar-refractivity contribution >= 4 is 23.8 Å². The Labute approximate surface area is 177 Å². The van der Waals surface area contributed by atoms with E-state index in [0.717, 1.165) is 28.9 Å². The molecular formula is C22H31N3O5. The molecule has 0 unspecified atom stereocenters. The van der Waals surface area contributed by atoms with Crippen LogP contribution in [0.5, 0.6) is 0 Å². The molecule has 0 aliphatic carbocycles. The maximum atomic E-state index is 12.8. The van der Waals surface area contributed by atoms with Crippen molar-refractivity contribution in [1.82, 2.24) is 15.5 Å². The molecule has 0 saturated carbocycles. The predicted octanol–water partition coefficient (Wildman–Crippen LogP) is 2.43. The first-order valence-corrected chi connectivity index (χ1v) is 10.4. The van der Waals surface area contributed by atoms with Crippen LogP contribution in [0.4, 0.5) is 4.79 Å². The van der Waals surface area contributed by atoms with E-state index < -0.39 is 42.0 Å². The summed E-state index contributed by atoms with van der Waals surface area (Å²) in [6.45, 7) is 7.09. The number of carbonyl (C=O) groups is 4. The largest absolute Gasteiger partial charge is 0.451 e. The first kappa shape index (κ1) is 23.4. The van der Waals surface area contributed by atoms with Gasteiger partial charge < -0.3 is 15.4 Å². The number of urea groups is 1. The summed E-state index contributed by atoms with van der Waals surface area (Å²) >= 11 is 0. The second kappa shape index (κ2) is 10.2. The van der Waals surface area contributed by atoms with Crippen LogP contribution in [0, 0.1) is 6.92 Å². The molecule has 4 amide bonds. The Bertz CT molecular complexity index is 784. The number of benzene rings is 1. The van der Waals surface area contributed by atoms with Crippen molar-refractivity contribution in [2.45, 2.75) is 71.6 Å². The fourth-order valence-electron chi connectivity index (χ4n) is 3.59. The van der Waals surface area contributed by atoms with Gasteiger partial charge in [0.1, 0.15) is 12.1 Å². The smallest absolute Gasteiger partial charge is 0.327 e. The molecule has 0 aromatic heterocycles. The van der Waals surface area contributed by atoms with E-state index >= 15 is 0 Å². The van der Waals surface area contributed by atoms with Crippen molar-refractivity contribution in [1.29, 1.82) is 0 Å². The van der Waals surface area contributed by atoms with Crippen LogP contribution < -0.4 is 10.6 Å². The molecule has 0 radical (unpaired) electrons. The molecule has 0 bridgehead atoms. The molecule has 8 nitrogen and oxygen atoms in total. The number of hydrogen-bond acceptors (Lipinski definition) is 5. The van der Waals surface area contributed by atoms with E-state index in [-0.39, 0.29) is 0 Å². The summed E-state index contributed by atoms with van der Waals surface area (Å²) in [5.41, 5.74) is 1.09. The molecule has 0 spiro atoms. The number of carbonyl (C=O) groups excluding carboxylic acids is 4. The molecule has 1 aliphatic heterocycles. The third-order valence-electron chi connectivity index (χ3n) is 5.15. The van der Waals surface area contributed by atoms with Gasteiger partial charge in [-0.3, -0.25) is 19.3 Å². The van der Waals surface area contributed by atoms with E-state index in [0.29, 0.717) is 19.4 Å². The zero-order valence-electron chi connectivity index (χ0n) is 18.1. The first-order chi connectivity index (χ1) is 14.2. The van der Waals surface area contributed by atoms with Crippen molar-refractivity contribution in [3.05, 3.63) is 35.4 Å². The Morgan fingerprint density at radius 1 is 1.13 bits per heavy atom. The van der Waals surface area contributed by atoms with Crippen LogP contribution in [0.25, 0.3) is 0 Å². The van der Waals surface area contributed by atoms with Crippen LogP contribution in [-0.2, 0) is 25.7 Å². The Morgan fingerprint density at radius 3 is 2.30 bits per heavy atom. The van der Waals surface area contributed by atoms with Gasteiger partial charge in [-0.1, -0.05) is 56.5 Å². The van der Waals surface area contributed by atoms with E-state index in [2.05, 4.69) is 10.6 Å². The lowest BCUT2D eigenvalue weighted by Gasteiger charge is -2.25.